The summed E-state index contributed by atoms with van der Waals surface area (Å²) in [4.78, 5) is 4.14. The van der Waals surface area contributed by atoms with Crippen LogP contribution >= 0.6 is 0 Å². The predicted octanol–water partition coefficient (Wildman–Crippen LogP) is 1.67. The van der Waals surface area contributed by atoms with E-state index in [0.717, 1.165) is 12.2 Å². The molecule has 0 saturated heterocycles. The number of rotatable bonds is 6. The van der Waals surface area contributed by atoms with Crippen LogP contribution in [0.4, 0.5) is 0 Å². The van der Waals surface area contributed by atoms with Crippen molar-refractivity contribution in [2.45, 2.75) is 6.54 Å². The highest BCUT2D eigenvalue weighted by atomic mass is 16.5. The van der Waals surface area contributed by atoms with Gasteiger partial charge in [-0.05, 0) is 12.1 Å². The molecule has 0 atom stereocenters. The molecule has 0 aliphatic carbocycles. The van der Waals surface area contributed by atoms with Gasteiger partial charge < -0.3 is 18.9 Å². The largest absolute Gasteiger partial charge is 0.461 e. The van der Waals surface area contributed by atoms with Gasteiger partial charge in [0, 0.05) is 20.2 Å². The third-order valence-electron chi connectivity index (χ3n) is 2.16. The highest BCUT2D eigenvalue weighted by Gasteiger charge is 2.12. The Morgan fingerprint density at radius 2 is 2.38 bits per heavy atom. The molecule has 5 nitrogen and oxygen atoms in total. The van der Waals surface area contributed by atoms with Gasteiger partial charge in [0.1, 0.15) is 5.69 Å². The number of furan rings is 1. The van der Waals surface area contributed by atoms with Crippen molar-refractivity contribution in [3.05, 3.63) is 30.5 Å². The molecular formula is C11H14N2O3. The van der Waals surface area contributed by atoms with Gasteiger partial charge in [0.15, 0.2) is 17.9 Å². The highest BCUT2D eigenvalue weighted by Crippen LogP contribution is 2.22. The standard InChI is InChI=1S/C11H14N2O3/c1-14-6-4-12-7-9-11(16-8-13-9)10-3-2-5-15-10/h2-3,5,8,12H,4,6-7H2,1H3. The fourth-order valence-corrected chi connectivity index (χ4v) is 1.38. The van der Waals surface area contributed by atoms with E-state index in [2.05, 4.69) is 10.3 Å². The number of methoxy groups -OCH3 is 1. The average Bonchev–Trinajstić information content (AvgIpc) is 2.94. The summed E-state index contributed by atoms with van der Waals surface area (Å²) in [6.07, 6.45) is 3.03. The lowest BCUT2D eigenvalue weighted by Gasteiger charge is -2.01. The van der Waals surface area contributed by atoms with Gasteiger partial charge in [0.2, 0.25) is 0 Å². The summed E-state index contributed by atoms with van der Waals surface area (Å²) in [5.41, 5.74) is 0.839. The Bertz CT molecular complexity index is 409. The van der Waals surface area contributed by atoms with Gasteiger partial charge in [-0.25, -0.2) is 4.98 Å². The summed E-state index contributed by atoms with van der Waals surface area (Å²) < 4.78 is 15.5. The normalized spacial score (nSPS) is 10.8. The lowest BCUT2D eigenvalue weighted by Crippen LogP contribution is -2.19. The van der Waals surface area contributed by atoms with Gasteiger partial charge in [0.05, 0.1) is 12.9 Å². The van der Waals surface area contributed by atoms with E-state index in [0.29, 0.717) is 24.7 Å². The minimum Gasteiger partial charge on any atom is -0.461 e. The zero-order valence-electron chi connectivity index (χ0n) is 9.10. The van der Waals surface area contributed by atoms with Crippen molar-refractivity contribution in [2.75, 3.05) is 20.3 Å². The summed E-state index contributed by atoms with van der Waals surface area (Å²) in [5.74, 6) is 1.37. The monoisotopic (exact) mass is 222 g/mol. The van der Waals surface area contributed by atoms with Crippen LogP contribution in [0.3, 0.4) is 0 Å². The van der Waals surface area contributed by atoms with E-state index in [9.17, 15) is 0 Å². The minimum absolute atomic E-state index is 0.635. The maximum atomic E-state index is 5.29. The first-order valence-electron chi connectivity index (χ1n) is 5.07. The summed E-state index contributed by atoms with van der Waals surface area (Å²) in [7, 11) is 1.67. The van der Waals surface area contributed by atoms with E-state index in [-0.39, 0.29) is 0 Å². The second-order valence-electron chi connectivity index (χ2n) is 3.28. The van der Waals surface area contributed by atoms with Crippen LogP contribution in [-0.2, 0) is 11.3 Å². The predicted molar refractivity (Wildman–Crippen MR) is 57.8 cm³/mol. The highest BCUT2D eigenvalue weighted by molar-refractivity contribution is 5.52. The molecule has 5 heteroatoms. The fourth-order valence-electron chi connectivity index (χ4n) is 1.38. The second kappa shape index (κ2) is 5.48. The number of ether oxygens (including phenoxy) is 1. The molecule has 0 aliphatic rings. The van der Waals surface area contributed by atoms with Crippen molar-refractivity contribution >= 4 is 0 Å². The van der Waals surface area contributed by atoms with E-state index >= 15 is 0 Å². The minimum atomic E-state index is 0.635. The first-order chi connectivity index (χ1) is 7.92. The van der Waals surface area contributed by atoms with Gasteiger partial charge in [-0.2, -0.15) is 0 Å². The Balaban J connectivity index is 1.97. The number of hydrogen-bond acceptors (Lipinski definition) is 5. The van der Waals surface area contributed by atoms with E-state index in [4.69, 9.17) is 13.6 Å². The lowest BCUT2D eigenvalue weighted by atomic mass is 10.3. The van der Waals surface area contributed by atoms with Crippen molar-refractivity contribution < 1.29 is 13.6 Å². The molecule has 0 aromatic carbocycles. The van der Waals surface area contributed by atoms with Crippen molar-refractivity contribution in [1.29, 1.82) is 0 Å². The average molecular weight is 222 g/mol. The molecule has 16 heavy (non-hydrogen) atoms. The fraction of sp³-hybridized carbons (Fsp3) is 0.364. The third kappa shape index (κ3) is 2.50. The second-order valence-corrected chi connectivity index (χ2v) is 3.28. The molecule has 0 unspecified atom stereocenters. The van der Waals surface area contributed by atoms with Gasteiger partial charge in [-0.3, -0.25) is 0 Å². The molecule has 1 N–H and O–H groups in total. The zero-order valence-corrected chi connectivity index (χ0v) is 9.10. The maximum Gasteiger partial charge on any atom is 0.194 e. The van der Waals surface area contributed by atoms with Crippen LogP contribution in [0.15, 0.2) is 33.6 Å². The summed E-state index contributed by atoms with van der Waals surface area (Å²) in [6, 6.07) is 3.67. The number of nitrogens with one attached hydrogen (secondary N) is 1. The molecule has 2 aromatic heterocycles. The van der Waals surface area contributed by atoms with Crippen LogP contribution in [-0.4, -0.2) is 25.2 Å². The summed E-state index contributed by atoms with van der Waals surface area (Å²) in [5, 5.41) is 3.20. The molecule has 2 aromatic rings. The van der Waals surface area contributed by atoms with Gasteiger partial charge in [-0.15, -0.1) is 0 Å². The molecular weight excluding hydrogens is 208 g/mol. The number of aromatic nitrogens is 1. The van der Waals surface area contributed by atoms with Crippen molar-refractivity contribution in [3.63, 3.8) is 0 Å². The van der Waals surface area contributed by atoms with E-state index < -0.39 is 0 Å². The molecule has 0 saturated carbocycles. The van der Waals surface area contributed by atoms with Crippen LogP contribution in [0.25, 0.3) is 11.5 Å². The van der Waals surface area contributed by atoms with Crippen LogP contribution in [0.5, 0.6) is 0 Å². The first kappa shape index (κ1) is 10.9. The van der Waals surface area contributed by atoms with E-state index in [1.54, 1.807) is 13.4 Å². The van der Waals surface area contributed by atoms with E-state index in [1.807, 2.05) is 12.1 Å². The molecule has 0 fully saturated rings. The quantitative estimate of drug-likeness (QED) is 0.753. The number of oxazole rings is 1. The Hall–Kier alpha value is -1.59. The lowest BCUT2D eigenvalue weighted by molar-refractivity contribution is 0.199. The smallest absolute Gasteiger partial charge is 0.194 e. The van der Waals surface area contributed by atoms with Crippen molar-refractivity contribution in [2.24, 2.45) is 0 Å². The van der Waals surface area contributed by atoms with E-state index in [1.165, 1.54) is 6.39 Å². The molecule has 0 aliphatic heterocycles. The first-order valence-corrected chi connectivity index (χ1v) is 5.07. The molecule has 2 heterocycles. The van der Waals surface area contributed by atoms with Crippen LogP contribution in [0.2, 0.25) is 0 Å². The summed E-state index contributed by atoms with van der Waals surface area (Å²) >= 11 is 0. The molecule has 0 spiro atoms. The van der Waals surface area contributed by atoms with Gasteiger partial charge in [0.25, 0.3) is 0 Å². The Morgan fingerprint density at radius 3 is 3.12 bits per heavy atom. The maximum absolute atomic E-state index is 5.29. The third-order valence-corrected chi connectivity index (χ3v) is 2.16. The Morgan fingerprint density at radius 1 is 1.44 bits per heavy atom. The SMILES string of the molecule is COCCNCc1ncoc1-c1ccco1. The zero-order chi connectivity index (χ0) is 11.2. The molecule has 0 amide bonds. The van der Waals surface area contributed by atoms with Gasteiger partial charge in [-0.1, -0.05) is 0 Å². The Kier molecular flexibility index (Phi) is 3.74. The van der Waals surface area contributed by atoms with Crippen molar-refractivity contribution in [3.8, 4) is 11.5 Å². The van der Waals surface area contributed by atoms with Gasteiger partial charge >= 0.3 is 0 Å². The molecule has 2 rings (SSSR count). The van der Waals surface area contributed by atoms with Crippen LogP contribution in [0, 0.1) is 0 Å². The number of hydrogen-bond donors (Lipinski definition) is 1. The molecule has 0 radical (unpaired) electrons. The summed E-state index contributed by atoms with van der Waals surface area (Å²) in [6.45, 7) is 2.09. The molecule has 86 valence electrons. The van der Waals surface area contributed by atoms with Crippen molar-refractivity contribution in [1.82, 2.24) is 10.3 Å². The Labute approximate surface area is 93.4 Å². The number of nitrogens with zero attached hydrogens (tertiary/aromatic N) is 1. The van der Waals surface area contributed by atoms with Crippen LogP contribution < -0.4 is 5.32 Å². The molecule has 0 bridgehead atoms. The topological polar surface area (TPSA) is 60.4 Å². The van der Waals surface area contributed by atoms with Crippen LogP contribution in [0.1, 0.15) is 5.69 Å².